The summed E-state index contributed by atoms with van der Waals surface area (Å²) in [7, 11) is 4.83. The van der Waals surface area contributed by atoms with Crippen LogP contribution < -0.4 is 14.2 Å². The molecule has 0 saturated carbocycles. The van der Waals surface area contributed by atoms with E-state index in [4.69, 9.17) is 18.9 Å². The van der Waals surface area contributed by atoms with Crippen LogP contribution in [0, 0.1) is 0 Å². The van der Waals surface area contributed by atoms with Crippen molar-refractivity contribution in [2.24, 2.45) is 0 Å². The first-order chi connectivity index (χ1) is 13.2. The van der Waals surface area contributed by atoms with Crippen LogP contribution in [-0.4, -0.2) is 32.5 Å². The summed E-state index contributed by atoms with van der Waals surface area (Å²) in [4.78, 5) is 0. The highest BCUT2D eigenvalue weighted by Gasteiger charge is 2.17. The molecule has 1 aliphatic heterocycles. The Bertz CT molecular complexity index is 994. The average molecular weight is 365 g/mol. The average Bonchev–Trinajstić information content (AvgIpc) is 3.09. The molecular formula is C22H23NO4. The molecule has 0 unspecified atom stereocenters. The number of rotatable bonds is 5. The van der Waals surface area contributed by atoms with Crippen LogP contribution in [0.2, 0.25) is 0 Å². The van der Waals surface area contributed by atoms with Crippen molar-refractivity contribution in [1.82, 2.24) is 4.57 Å². The Morgan fingerprint density at radius 3 is 2.37 bits per heavy atom. The van der Waals surface area contributed by atoms with Crippen molar-refractivity contribution in [3.8, 4) is 17.2 Å². The van der Waals surface area contributed by atoms with Gasteiger partial charge >= 0.3 is 0 Å². The summed E-state index contributed by atoms with van der Waals surface area (Å²) in [6.45, 7) is 6.63. The van der Waals surface area contributed by atoms with Gasteiger partial charge in [0, 0.05) is 23.1 Å². The van der Waals surface area contributed by atoms with Crippen LogP contribution in [0.4, 0.5) is 0 Å². The van der Waals surface area contributed by atoms with Crippen molar-refractivity contribution in [2.75, 3.05) is 27.9 Å². The highest BCUT2D eigenvalue weighted by molar-refractivity contribution is 5.89. The first kappa shape index (κ1) is 17.5. The lowest BCUT2D eigenvalue weighted by molar-refractivity contribution is 0.0865. The molecule has 0 aliphatic carbocycles. The standard InChI is InChI=1S/C22H23NO4/c1-14(16-11-20(24-2)22(26-4)21(12-16)25-3)15-5-6-19-17(9-15)10-18-13-27-8-7-23(18)19/h5-6,9-12H,1,7-8,13H2,2-4H3. The molecule has 0 N–H and O–H groups in total. The fourth-order valence-corrected chi connectivity index (χ4v) is 3.65. The Balaban J connectivity index is 1.76. The Morgan fingerprint density at radius 1 is 0.963 bits per heavy atom. The molecule has 5 heteroatoms. The van der Waals surface area contributed by atoms with E-state index in [0.29, 0.717) is 23.9 Å². The van der Waals surface area contributed by atoms with Gasteiger partial charge in [-0.3, -0.25) is 0 Å². The Morgan fingerprint density at radius 2 is 1.70 bits per heavy atom. The van der Waals surface area contributed by atoms with Crippen molar-refractivity contribution >= 4 is 16.5 Å². The molecule has 4 rings (SSSR count). The Kier molecular flexibility index (Phi) is 4.54. The molecule has 1 aliphatic rings. The third-order valence-electron chi connectivity index (χ3n) is 5.06. The summed E-state index contributed by atoms with van der Waals surface area (Å²) in [5, 5.41) is 1.20. The summed E-state index contributed by atoms with van der Waals surface area (Å²) in [5.41, 5.74) is 5.33. The number of methoxy groups -OCH3 is 3. The van der Waals surface area contributed by atoms with Gasteiger partial charge in [0.05, 0.1) is 34.5 Å². The minimum atomic E-state index is 0.576. The third kappa shape index (κ3) is 2.94. The molecule has 2 heterocycles. The summed E-state index contributed by atoms with van der Waals surface area (Å²) in [6, 6.07) is 12.5. The van der Waals surface area contributed by atoms with Crippen LogP contribution in [0.5, 0.6) is 17.2 Å². The summed E-state index contributed by atoms with van der Waals surface area (Å²) in [6.07, 6.45) is 0. The van der Waals surface area contributed by atoms with Crippen molar-refractivity contribution in [3.05, 3.63) is 59.8 Å². The molecule has 5 nitrogen and oxygen atoms in total. The van der Waals surface area contributed by atoms with Gasteiger partial charge in [-0.1, -0.05) is 12.6 Å². The van der Waals surface area contributed by atoms with Crippen LogP contribution in [0.1, 0.15) is 16.8 Å². The van der Waals surface area contributed by atoms with Gasteiger partial charge < -0.3 is 23.5 Å². The van der Waals surface area contributed by atoms with Crippen LogP contribution >= 0.6 is 0 Å². The monoisotopic (exact) mass is 365 g/mol. The van der Waals surface area contributed by atoms with E-state index in [1.54, 1.807) is 21.3 Å². The maximum Gasteiger partial charge on any atom is 0.203 e. The number of aromatic nitrogens is 1. The van der Waals surface area contributed by atoms with Gasteiger partial charge in [0.25, 0.3) is 0 Å². The highest BCUT2D eigenvalue weighted by Crippen LogP contribution is 2.41. The van der Waals surface area contributed by atoms with Crippen LogP contribution in [0.3, 0.4) is 0 Å². The molecule has 0 saturated heterocycles. The zero-order valence-corrected chi connectivity index (χ0v) is 15.9. The van der Waals surface area contributed by atoms with Crippen LogP contribution in [0.15, 0.2) is 43.0 Å². The van der Waals surface area contributed by atoms with E-state index in [9.17, 15) is 0 Å². The smallest absolute Gasteiger partial charge is 0.203 e. The topological polar surface area (TPSA) is 41.9 Å². The molecule has 1 aromatic heterocycles. The number of hydrogen-bond acceptors (Lipinski definition) is 4. The third-order valence-corrected chi connectivity index (χ3v) is 5.06. The minimum absolute atomic E-state index is 0.576. The fraction of sp³-hybridized carbons (Fsp3) is 0.273. The normalized spacial score (nSPS) is 13.3. The zero-order chi connectivity index (χ0) is 19.0. The van der Waals surface area contributed by atoms with Gasteiger partial charge in [-0.25, -0.2) is 0 Å². The predicted molar refractivity (Wildman–Crippen MR) is 106 cm³/mol. The van der Waals surface area contributed by atoms with E-state index in [0.717, 1.165) is 29.9 Å². The molecule has 0 atom stereocenters. The van der Waals surface area contributed by atoms with E-state index in [1.165, 1.54) is 16.6 Å². The highest BCUT2D eigenvalue weighted by atomic mass is 16.5. The van der Waals surface area contributed by atoms with Gasteiger partial charge in [0.15, 0.2) is 11.5 Å². The predicted octanol–water partition coefficient (Wildman–Crippen LogP) is 4.26. The largest absolute Gasteiger partial charge is 0.493 e. The summed E-state index contributed by atoms with van der Waals surface area (Å²) >= 11 is 0. The lowest BCUT2D eigenvalue weighted by Gasteiger charge is -2.17. The van der Waals surface area contributed by atoms with E-state index in [1.807, 2.05) is 12.1 Å². The number of ether oxygens (including phenoxy) is 4. The Hall–Kier alpha value is -2.92. The molecule has 27 heavy (non-hydrogen) atoms. The second kappa shape index (κ2) is 7.00. The van der Waals surface area contributed by atoms with Crippen molar-refractivity contribution in [1.29, 1.82) is 0 Å². The molecule has 2 aromatic carbocycles. The van der Waals surface area contributed by atoms with Gasteiger partial charge in [-0.05, 0) is 47.0 Å². The van der Waals surface area contributed by atoms with Crippen molar-refractivity contribution in [2.45, 2.75) is 13.2 Å². The minimum Gasteiger partial charge on any atom is -0.493 e. The van der Waals surface area contributed by atoms with E-state index < -0.39 is 0 Å². The van der Waals surface area contributed by atoms with E-state index in [-0.39, 0.29) is 0 Å². The van der Waals surface area contributed by atoms with E-state index in [2.05, 4.69) is 35.4 Å². The molecule has 0 spiro atoms. The molecule has 0 bridgehead atoms. The second-order valence-electron chi connectivity index (χ2n) is 6.51. The van der Waals surface area contributed by atoms with Crippen molar-refractivity contribution < 1.29 is 18.9 Å². The van der Waals surface area contributed by atoms with Crippen molar-refractivity contribution in [3.63, 3.8) is 0 Å². The zero-order valence-electron chi connectivity index (χ0n) is 15.9. The quantitative estimate of drug-likeness (QED) is 0.678. The van der Waals surface area contributed by atoms with Crippen LogP contribution in [0.25, 0.3) is 16.5 Å². The fourth-order valence-electron chi connectivity index (χ4n) is 3.65. The SMILES string of the molecule is C=C(c1cc(OC)c(OC)c(OC)c1)c1ccc2c(c1)cc1n2CCOC1. The number of benzene rings is 2. The molecule has 0 amide bonds. The van der Waals surface area contributed by atoms with Crippen LogP contribution in [-0.2, 0) is 17.9 Å². The lowest BCUT2D eigenvalue weighted by atomic mass is 9.97. The lowest BCUT2D eigenvalue weighted by Crippen LogP contribution is -2.15. The van der Waals surface area contributed by atoms with Gasteiger partial charge in [-0.2, -0.15) is 0 Å². The Labute approximate surface area is 158 Å². The first-order valence-corrected chi connectivity index (χ1v) is 8.86. The molecular weight excluding hydrogens is 342 g/mol. The second-order valence-corrected chi connectivity index (χ2v) is 6.51. The molecule has 0 fully saturated rings. The first-order valence-electron chi connectivity index (χ1n) is 8.86. The van der Waals surface area contributed by atoms with Gasteiger partial charge in [0.1, 0.15) is 0 Å². The van der Waals surface area contributed by atoms with Gasteiger partial charge in [0.2, 0.25) is 5.75 Å². The number of nitrogens with zero attached hydrogens (tertiary/aromatic N) is 1. The van der Waals surface area contributed by atoms with E-state index >= 15 is 0 Å². The summed E-state index contributed by atoms with van der Waals surface area (Å²) < 4.78 is 24.2. The molecule has 3 aromatic rings. The molecule has 140 valence electrons. The molecule has 0 radical (unpaired) electrons. The number of hydrogen-bond donors (Lipinski definition) is 0. The summed E-state index contributed by atoms with van der Waals surface area (Å²) in [5.74, 6) is 1.81. The maximum atomic E-state index is 5.57. The number of fused-ring (bicyclic) bond motifs is 3. The maximum absolute atomic E-state index is 5.57. The van der Waals surface area contributed by atoms with Gasteiger partial charge in [-0.15, -0.1) is 0 Å².